The number of aromatic nitrogens is 3. The lowest BCUT2D eigenvalue weighted by Crippen LogP contribution is -2.04. The van der Waals surface area contributed by atoms with Crippen LogP contribution >= 0.6 is 15.9 Å². The Morgan fingerprint density at radius 3 is 2.62 bits per heavy atom. The number of nitrogen functional groups attached to an aromatic ring is 1. The first kappa shape index (κ1) is 11.1. The van der Waals surface area contributed by atoms with Crippen LogP contribution in [0.5, 0.6) is 0 Å². The van der Waals surface area contributed by atoms with Crippen LogP contribution in [0, 0.1) is 0 Å². The quantitative estimate of drug-likeness (QED) is 0.920. The average Bonchev–Trinajstić information content (AvgIpc) is 2.62. The standard InChI is InChI=1S/C11H13BrN4/c1-7(2)9-5-10(13)16(15-9)11-4-3-8(12)6-14-11/h3-7H,13H2,1-2H3. The van der Waals surface area contributed by atoms with E-state index in [9.17, 15) is 0 Å². The molecule has 0 saturated heterocycles. The van der Waals surface area contributed by atoms with E-state index in [-0.39, 0.29) is 0 Å². The second-order valence-corrected chi connectivity index (χ2v) is 4.81. The van der Waals surface area contributed by atoms with Gasteiger partial charge in [0.25, 0.3) is 0 Å². The Morgan fingerprint density at radius 1 is 1.38 bits per heavy atom. The van der Waals surface area contributed by atoms with Crippen LogP contribution in [-0.4, -0.2) is 14.8 Å². The molecule has 16 heavy (non-hydrogen) atoms. The third kappa shape index (κ3) is 2.09. The van der Waals surface area contributed by atoms with Crippen molar-refractivity contribution in [1.82, 2.24) is 14.8 Å². The van der Waals surface area contributed by atoms with Crippen molar-refractivity contribution >= 4 is 21.7 Å². The van der Waals surface area contributed by atoms with Crippen LogP contribution in [0.1, 0.15) is 25.5 Å². The summed E-state index contributed by atoms with van der Waals surface area (Å²) in [4.78, 5) is 4.26. The van der Waals surface area contributed by atoms with E-state index < -0.39 is 0 Å². The highest BCUT2D eigenvalue weighted by Gasteiger charge is 2.10. The van der Waals surface area contributed by atoms with Crippen LogP contribution in [0.4, 0.5) is 5.82 Å². The summed E-state index contributed by atoms with van der Waals surface area (Å²) in [6.07, 6.45) is 1.73. The molecule has 2 aromatic rings. The Balaban J connectivity index is 2.44. The highest BCUT2D eigenvalue weighted by atomic mass is 79.9. The minimum atomic E-state index is 0.360. The summed E-state index contributed by atoms with van der Waals surface area (Å²) in [5.74, 6) is 1.70. The molecule has 5 heteroatoms. The molecule has 0 aliphatic rings. The van der Waals surface area contributed by atoms with Gasteiger partial charge in [-0.3, -0.25) is 0 Å². The highest BCUT2D eigenvalue weighted by molar-refractivity contribution is 9.10. The van der Waals surface area contributed by atoms with Gasteiger partial charge in [-0.05, 0) is 34.0 Å². The molecular weight excluding hydrogens is 268 g/mol. The van der Waals surface area contributed by atoms with Crippen LogP contribution in [-0.2, 0) is 0 Å². The molecule has 0 atom stereocenters. The highest BCUT2D eigenvalue weighted by Crippen LogP contribution is 2.19. The van der Waals surface area contributed by atoms with Crippen LogP contribution in [0.2, 0.25) is 0 Å². The minimum absolute atomic E-state index is 0.360. The maximum atomic E-state index is 5.90. The summed E-state index contributed by atoms with van der Waals surface area (Å²) < 4.78 is 2.59. The van der Waals surface area contributed by atoms with Gasteiger partial charge in [0, 0.05) is 16.7 Å². The molecule has 2 rings (SSSR count). The Morgan fingerprint density at radius 2 is 2.12 bits per heavy atom. The van der Waals surface area contributed by atoms with Gasteiger partial charge >= 0.3 is 0 Å². The molecule has 0 spiro atoms. The average molecular weight is 281 g/mol. The fourth-order valence-electron chi connectivity index (χ4n) is 1.37. The smallest absolute Gasteiger partial charge is 0.155 e. The summed E-state index contributed by atoms with van der Waals surface area (Å²) in [7, 11) is 0. The van der Waals surface area contributed by atoms with Gasteiger partial charge in [0.05, 0.1) is 5.69 Å². The SMILES string of the molecule is CC(C)c1cc(N)n(-c2ccc(Br)cn2)n1. The lowest BCUT2D eigenvalue weighted by Gasteiger charge is -2.02. The largest absolute Gasteiger partial charge is 0.384 e. The number of nitrogens with two attached hydrogens (primary N) is 1. The predicted octanol–water partition coefficient (Wildman–Crippen LogP) is 2.74. The Labute approximate surface area is 103 Å². The van der Waals surface area contributed by atoms with Crippen LogP contribution in [0.15, 0.2) is 28.9 Å². The third-order valence-corrected chi connectivity index (χ3v) is 2.75. The first-order valence-corrected chi connectivity index (χ1v) is 5.84. The monoisotopic (exact) mass is 280 g/mol. The summed E-state index contributed by atoms with van der Waals surface area (Å²) in [5.41, 5.74) is 6.87. The second kappa shape index (κ2) is 4.25. The van der Waals surface area contributed by atoms with Crippen molar-refractivity contribution in [1.29, 1.82) is 0 Å². The summed E-state index contributed by atoms with van der Waals surface area (Å²) >= 11 is 3.34. The molecule has 0 saturated carbocycles. The third-order valence-electron chi connectivity index (χ3n) is 2.28. The first-order chi connectivity index (χ1) is 7.58. The van der Waals surface area contributed by atoms with Gasteiger partial charge in [0.15, 0.2) is 5.82 Å². The van der Waals surface area contributed by atoms with Crippen LogP contribution in [0.3, 0.4) is 0 Å². The molecule has 4 nitrogen and oxygen atoms in total. The number of rotatable bonds is 2. The zero-order chi connectivity index (χ0) is 11.7. The molecule has 2 heterocycles. The van der Waals surface area contributed by atoms with Crippen molar-refractivity contribution in [2.45, 2.75) is 19.8 Å². The number of hydrogen-bond donors (Lipinski definition) is 1. The van der Waals surface area contributed by atoms with Gasteiger partial charge in [-0.2, -0.15) is 9.78 Å². The normalized spacial score (nSPS) is 11.0. The van der Waals surface area contributed by atoms with Gasteiger partial charge in [-0.1, -0.05) is 13.8 Å². The van der Waals surface area contributed by atoms with Crippen molar-refractivity contribution in [2.24, 2.45) is 0 Å². The Hall–Kier alpha value is -1.36. The van der Waals surface area contributed by atoms with E-state index in [1.165, 1.54) is 0 Å². The van der Waals surface area contributed by atoms with Crippen molar-refractivity contribution in [3.8, 4) is 5.82 Å². The number of anilines is 1. The number of nitrogens with zero attached hydrogens (tertiary/aromatic N) is 3. The summed E-state index contributed by atoms with van der Waals surface area (Å²) in [5, 5.41) is 4.42. The van der Waals surface area contributed by atoms with Crippen LogP contribution in [0.25, 0.3) is 5.82 Å². The predicted molar refractivity (Wildman–Crippen MR) is 67.6 cm³/mol. The first-order valence-electron chi connectivity index (χ1n) is 5.05. The van der Waals surface area contributed by atoms with Gasteiger partial charge in [-0.25, -0.2) is 4.98 Å². The molecule has 2 N–H and O–H groups in total. The zero-order valence-electron chi connectivity index (χ0n) is 9.18. The van der Waals surface area contributed by atoms with Gasteiger partial charge in [0.2, 0.25) is 0 Å². The molecule has 0 fully saturated rings. The van der Waals surface area contributed by atoms with E-state index in [0.717, 1.165) is 16.0 Å². The maximum Gasteiger partial charge on any atom is 0.155 e. The summed E-state index contributed by atoms with van der Waals surface area (Å²) in [6, 6.07) is 5.67. The molecule has 0 aliphatic carbocycles. The molecule has 0 amide bonds. The van der Waals surface area contributed by atoms with E-state index >= 15 is 0 Å². The van der Waals surface area contributed by atoms with E-state index in [1.54, 1.807) is 10.9 Å². The molecule has 2 aromatic heterocycles. The molecule has 84 valence electrons. The molecule has 0 aliphatic heterocycles. The number of pyridine rings is 1. The second-order valence-electron chi connectivity index (χ2n) is 3.90. The lowest BCUT2D eigenvalue weighted by atomic mass is 10.1. The molecule has 0 radical (unpaired) electrons. The van der Waals surface area contributed by atoms with Gasteiger partial charge in [-0.15, -0.1) is 0 Å². The summed E-state index contributed by atoms with van der Waals surface area (Å²) in [6.45, 7) is 4.17. The van der Waals surface area contributed by atoms with Gasteiger partial charge < -0.3 is 5.73 Å². The number of hydrogen-bond acceptors (Lipinski definition) is 3. The molecule has 0 bridgehead atoms. The fourth-order valence-corrected chi connectivity index (χ4v) is 1.61. The minimum Gasteiger partial charge on any atom is -0.384 e. The van der Waals surface area contributed by atoms with E-state index in [1.807, 2.05) is 18.2 Å². The molecule has 0 aromatic carbocycles. The number of halogens is 1. The van der Waals surface area contributed by atoms with Gasteiger partial charge in [0.1, 0.15) is 5.82 Å². The lowest BCUT2D eigenvalue weighted by molar-refractivity contribution is 0.761. The van der Waals surface area contributed by atoms with E-state index in [2.05, 4.69) is 39.9 Å². The molecule has 0 unspecified atom stereocenters. The Bertz CT molecular complexity index is 487. The maximum absolute atomic E-state index is 5.90. The fraction of sp³-hybridized carbons (Fsp3) is 0.273. The van der Waals surface area contributed by atoms with Crippen molar-refractivity contribution in [2.75, 3.05) is 5.73 Å². The van der Waals surface area contributed by atoms with Crippen LogP contribution < -0.4 is 5.73 Å². The van der Waals surface area contributed by atoms with Crippen molar-refractivity contribution < 1.29 is 0 Å². The Kier molecular flexibility index (Phi) is 2.96. The van der Waals surface area contributed by atoms with Crippen molar-refractivity contribution in [3.05, 3.63) is 34.6 Å². The van der Waals surface area contributed by atoms with E-state index in [4.69, 9.17) is 5.73 Å². The topological polar surface area (TPSA) is 56.7 Å². The van der Waals surface area contributed by atoms with E-state index in [0.29, 0.717) is 11.7 Å². The zero-order valence-corrected chi connectivity index (χ0v) is 10.8. The van der Waals surface area contributed by atoms with Crippen molar-refractivity contribution in [3.63, 3.8) is 0 Å². The molecular formula is C11H13BrN4.